The van der Waals surface area contributed by atoms with Crippen LogP contribution >= 0.6 is 11.6 Å². The Bertz CT molecular complexity index is 698. The summed E-state index contributed by atoms with van der Waals surface area (Å²) in [7, 11) is 0. The molecule has 1 fully saturated rings. The number of nitrogens with zero attached hydrogens (tertiary/aromatic N) is 3. The van der Waals surface area contributed by atoms with Crippen LogP contribution in [0.2, 0.25) is 5.15 Å². The zero-order chi connectivity index (χ0) is 15.7. The lowest BCUT2D eigenvalue weighted by Crippen LogP contribution is -2.14. The van der Waals surface area contributed by atoms with Crippen LogP contribution in [-0.4, -0.2) is 33.6 Å². The first kappa shape index (κ1) is 15.1. The van der Waals surface area contributed by atoms with Gasteiger partial charge in [0.25, 0.3) is 0 Å². The van der Waals surface area contributed by atoms with E-state index in [1.54, 1.807) is 12.4 Å². The monoisotopic (exact) mass is 322 g/mol. The van der Waals surface area contributed by atoms with Gasteiger partial charge in [-0.05, 0) is 26.2 Å². The van der Waals surface area contributed by atoms with Crippen LogP contribution in [0.4, 0.5) is 0 Å². The van der Waals surface area contributed by atoms with Crippen molar-refractivity contribution in [1.29, 1.82) is 0 Å². The van der Waals surface area contributed by atoms with Crippen LogP contribution in [-0.2, 0) is 4.79 Å². The normalized spacial score (nSPS) is 18.2. The molecule has 3 heterocycles. The Morgan fingerprint density at radius 3 is 3.05 bits per heavy atom. The molecule has 1 N–H and O–H groups in total. The van der Waals surface area contributed by atoms with Gasteiger partial charge in [0, 0.05) is 25.1 Å². The predicted octanol–water partition coefficient (Wildman–Crippen LogP) is 2.57. The van der Waals surface area contributed by atoms with Gasteiger partial charge in [0.05, 0.1) is 18.5 Å². The number of nitrogens with one attached hydrogen (secondary N) is 1. The Hall–Kier alpha value is -1.82. The van der Waals surface area contributed by atoms with Gasteiger partial charge in [-0.25, -0.2) is 4.98 Å². The Labute approximate surface area is 133 Å². The molecule has 0 saturated carbocycles. The van der Waals surface area contributed by atoms with E-state index in [9.17, 15) is 4.79 Å². The average molecular weight is 323 g/mol. The third-order valence-electron chi connectivity index (χ3n) is 3.87. The van der Waals surface area contributed by atoms with Gasteiger partial charge in [-0.15, -0.1) is 0 Å². The van der Waals surface area contributed by atoms with Gasteiger partial charge >= 0.3 is 0 Å². The van der Waals surface area contributed by atoms with E-state index in [0.717, 1.165) is 24.0 Å². The molecule has 2 aromatic heterocycles. The Balaban J connectivity index is 1.77. The number of carbonyl (C=O) groups is 1. The first-order valence-corrected chi connectivity index (χ1v) is 7.85. The second-order valence-corrected chi connectivity index (χ2v) is 6.26. The van der Waals surface area contributed by atoms with Gasteiger partial charge in [-0.2, -0.15) is 4.98 Å². The molecular weight excluding hydrogens is 304 g/mol. The number of rotatable bonds is 5. The standard InChI is InChI=1S/C15H19ClN4O2/c1-9(2)20-8-18-11-6-12(16)19-15(14(11)20)22-4-3-10-5-13(21)17-7-10/h6,8-10H,3-5,7H2,1-2H3,(H,17,21)/t10-/m1/s1. The highest BCUT2D eigenvalue weighted by Crippen LogP contribution is 2.28. The molecule has 6 nitrogen and oxygen atoms in total. The summed E-state index contributed by atoms with van der Waals surface area (Å²) in [6, 6.07) is 1.99. The fourth-order valence-corrected chi connectivity index (χ4v) is 2.86. The summed E-state index contributed by atoms with van der Waals surface area (Å²) < 4.78 is 7.87. The number of amides is 1. The molecule has 7 heteroatoms. The summed E-state index contributed by atoms with van der Waals surface area (Å²) in [4.78, 5) is 19.9. The van der Waals surface area contributed by atoms with Crippen LogP contribution in [0.25, 0.3) is 11.0 Å². The van der Waals surface area contributed by atoms with Crippen LogP contribution in [0.5, 0.6) is 5.88 Å². The third kappa shape index (κ3) is 3.02. The number of pyridine rings is 1. The van der Waals surface area contributed by atoms with Crippen LogP contribution in [0.3, 0.4) is 0 Å². The third-order valence-corrected chi connectivity index (χ3v) is 4.07. The van der Waals surface area contributed by atoms with Gasteiger partial charge in [-0.1, -0.05) is 11.6 Å². The lowest BCUT2D eigenvalue weighted by molar-refractivity contribution is -0.119. The van der Waals surface area contributed by atoms with E-state index in [-0.39, 0.29) is 11.9 Å². The van der Waals surface area contributed by atoms with Crippen LogP contribution in [0, 0.1) is 5.92 Å². The van der Waals surface area contributed by atoms with Gasteiger partial charge in [0.15, 0.2) is 0 Å². The maximum atomic E-state index is 11.2. The maximum absolute atomic E-state index is 11.2. The topological polar surface area (TPSA) is 69.0 Å². The minimum absolute atomic E-state index is 0.117. The lowest BCUT2D eigenvalue weighted by Gasteiger charge is -2.13. The molecule has 0 bridgehead atoms. The number of hydrogen-bond donors (Lipinski definition) is 1. The molecule has 0 aliphatic carbocycles. The minimum atomic E-state index is 0.117. The number of fused-ring (bicyclic) bond motifs is 1. The summed E-state index contributed by atoms with van der Waals surface area (Å²) in [5.74, 6) is 0.953. The molecule has 3 rings (SSSR count). The Morgan fingerprint density at radius 1 is 1.55 bits per heavy atom. The molecule has 1 aliphatic heterocycles. The van der Waals surface area contributed by atoms with Crippen molar-refractivity contribution in [2.24, 2.45) is 5.92 Å². The van der Waals surface area contributed by atoms with Gasteiger partial charge in [0.1, 0.15) is 10.7 Å². The molecule has 0 radical (unpaired) electrons. The van der Waals surface area contributed by atoms with Crippen molar-refractivity contribution in [3.05, 3.63) is 17.5 Å². The van der Waals surface area contributed by atoms with Crippen molar-refractivity contribution in [2.75, 3.05) is 13.2 Å². The predicted molar refractivity (Wildman–Crippen MR) is 84.2 cm³/mol. The van der Waals surface area contributed by atoms with E-state index >= 15 is 0 Å². The maximum Gasteiger partial charge on any atom is 0.241 e. The SMILES string of the molecule is CC(C)n1cnc2cc(Cl)nc(OCC[C@H]3CNC(=O)C3)c21. The van der Waals surface area contributed by atoms with E-state index in [1.807, 2.05) is 4.57 Å². The highest BCUT2D eigenvalue weighted by molar-refractivity contribution is 6.30. The zero-order valence-corrected chi connectivity index (χ0v) is 13.4. The molecule has 22 heavy (non-hydrogen) atoms. The first-order chi connectivity index (χ1) is 10.5. The number of hydrogen-bond acceptors (Lipinski definition) is 4. The summed E-state index contributed by atoms with van der Waals surface area (Å²) in [6.45, 7) is 5.39. The minimum Gasteiger partial charge on any atom is -0.476 e. The molecule has 118 valence electrons. The summed E-state index contributed by atoms with van der Waals surface area (Å²) in [5, 5.41) is 3.20. The van der Waals surface area contributed by atoms with Gasteiger partial charge < -0.3 is 14.6 Å². The Morgan fingerprint density at radius 2 is 2.36 bits per heavy atom. The largest absolute Gasteiger partial charge is 0.476 e. The zero-order valence-electron chi connectivity index (χ0n) is 12.7. The van der Waals surface area contributed by atoms with Gasteiger partial charge in [0.2, 0.25) is 11.8 Å². The number of aromatic nitrogens is 3. The quantitative estimate of drug-likeness (QED) is 0.859. The van der Waals surface area contributed by atoms with Crippen molar-refractivity contribution >= 4 is 28.5 Å². The lowest BCUT2D eigenvalue weighted by atomic mass is 10.1. The fourth-order valence-electron chi connectivity index (χ4n) is 2.68. The van der Waals surface area contributed by atoms with Crippen LogP contribution in [0.15, 0.2) is 12.4 Å². The molecular formula is C15H19ClN4O2. The number of carbonyl (C=O) groups excluding carboxylic acids is 1. The molecule has 2 aromatic rings. The molecule has 1 aliphatic rings. The van der Waals surface area contributed by atoms with Crippen molar-refractivity contribution in [2.45, 2.75) is 32.7 Å². The molecule has 1 atom stereocenters. The van der Waals surface area contributed by atoms with E-state index in [1.165, 1.54) is 0 Å². The van der Waals surface area contributed by atoms with Gasteiger partial charge in [-0.3, -0.25) is 4.79 Å². The second kappa shape index (κ2) is 6.12. The number of halogens is 1. The van der Waals surface area contributed by atoms with E-state index in [0.29, 0.717) is 30.0 Å². The smallest absolute Gasteiger partial charge is 0.241 e. The summed E-state index contributed by atoms with van der Waals surface area (Å²) in [5.41, 5.74) is 1.64. The van der Waals surface area contributed by atoms with E-state index in [4.69, 9.17) is 16.3 Å². The van der Waals surface area contributed by atoms with Crippen molar-refractivity contribution in [3.8, 4) is 5.88 Å². The van der Waals surface area contributed by atoms with E-state index in [2.05, 4.69) is 29.1 Å². The average Bonchev–Trinajstić information content (AvgIpc) is 3.05. The number of imidazole rings is 1. The van der Waals surface area contributed by atoms with Crippen LogP contribution < -0.4 is 10.1 Å². The molecule has 0 unspecified atom stereocenters. The van der Waals surface area contributed by atoms with Crippen molar-refractivity contribution in [3.63, 3.8) is 0 Å². The summed E-state index contributed by atoms with van der Waals surface area (Å²) in [6.07, 6.45) is 3.16. The number of ether oxygens (including phenoxy) is 1. The molecule has 0 spiro atoms. The highest BCUT2D eigenvalue weighted by atomic mass is 35.5. The second-order valence-electron chi connectivity index (χ2n) is 5.87. The van der Waals surface area contributed by atoms with Crippen molar-refractivity contribution in [1.82, 2.24) is 19.9 Å². The highest BCUT2D eigenvalue weighted by Gasteiger charge is 2.21. The first-order valence-electron chi connectivity index (χ1n) is 7.47. The molecule has 1 saturated heterocycles. The summed E-state index contributed by atoms with van der Waals surface area (Å²) >= 11 is 6.04. The fraction of sp³-hybridized carbons (Fsp3) is 0.533. The Kier molecular flexibility index (Phi) is 4.20. The van der Waals surface area contributed by atoms with Crippen LogP contribution in [0.1, 0.15) is 32.7 Å². The molecule has 1 amide bonds. The molecule has 0 aromatic carbocycles. The van der Waals surface area contributed by atoms with E-state index < -0.39 is 0 Å². The van der Waals surface area contributed by atoms with Crippen molar-refractivity contribution < 1.29 is 9.53 Å².